The summed E-state index contributed by atoms with van der Waals surface area (Å²) in [6, 6.07) is 11.2. The maximum Gasteiger partial charge on any atom is 0.156 e. The van der Waals surface area contributed by atoms with Gasteiger partial charge in [-0.15, -0.1) is 10.2 Å². The molecular formula is C18H16Cl2N4O2. The zero-order valence-corrected chi connectivity index (χ0v) is 15.5. The summed E-state index contributed by atoms with van der Waals surface area (Å²) in [7, 11) is 0. The van der Waals surface area contributed by atoms with Crippen LogP contribution in [0.25, 0.3) is 0 Å². The van der Waals surface area contributed by atoms with Crippen molar-refractivity contribution in [2.24, 2.45) is 5.10 Å². The molecule has 0 aliphatic heterocycles. The van der Waals surface area contributed by atoms with Gasteiger partial charge < -0.3 is 9.47 Å². The molecule has 0 saturated carbocycles. The molecule has 1 aromatic heterocycles. The van der Waals surface area contributed by atoms with Crippen molar-refractivity contribution >= 4 is 29.4 Å². The lowest BCUT2D eigenvalue weighted by Crippen LogP contribution is -2.10. The Bertz CT molecular complexity index is 875. The smallest absolute Gasteiger partial charge is 0.156 e. The minimum atomic E-state index is 0.321. The number of para-hydroxylation sites is 1. The molecule has 0 radical (unpaired) electrons. The van der Waals surface area contributed by atoms with Gasteiger partial charge in [0.15, 0.2) is 5.75 Å². The van der Waals surface area contributed by atoms with Crippen LogP contribution in [0, 0.1) is 6.92 Å². The molecule has 3 rings (SSSR count). The topological polar surface area (TPSA) is 61.5 Å². The minimum Gasteiger partial charge on any atom is -0.490 e. The van der Waals surface area contributed by atoms with Crippen LogP contribution in [0.4, 0.5) is 0 Å². The van der Waals surface area contributed by atoms with E-state index in [0.717, 1.165) is 16.9 Å². The Morgan fingerprint density at radius 2 is 1.69 bits per heavy atom. The van der Waals surface area contributed by atoms with Crippen molar-refractivity contribution in [1.29, 1.82) is 0 Å². The van der Waals surface area contributed by atoms with Crippen LogP contribution in [-0.4, -0.2) is 34.3 Å². The SMILES string of the molecule is Cc1ccccc1OCCOc1c(Cl)cc(/C=N/n2cnnc2)cc1Cl. The van der Waals surface area contributed by atoms with E-state index >= 15 is 0 Å². The van der Waals surface area contributed by atoms with Gasteiger partial charge in [0.05, 0.1) is 16.3 Å². The van der Waals surface area contributed by atoms with Crippen LogP contribution in [0.15, 0.2) is 54.2 Å². The van der Waals surface area contributed by atoms with Gasteiger partial charge in [-0.1, -0.05) is 41.4 Å². The van der Waals surface area contributed by atoms with Crippen LogP contribution in [0.3, 0.4) is 0 Å². The first-order chi connectivity index (χ1) is 12.6. The molecule has 26 heavy (non-hydrogen) atoms. The molecule has 0 saturated heterocycles. The van der Waals surface area contributed by atoms with Gasteiger partial charge in [0.1, 0.15) is 31.6 Å². The van der Waals surface area contributed by atoms with E-state index in [1.165, 1.54) is 17.3 Å². The van der Waals surface area contributed by atoms with E-state index in [-0.39, 0.29) is 0 Å². The molecule has 2 aromatic carbocycles. The standard InChI is InChI=1S/C18H16Cl2N4O2/c1-13-4-2-3-5-17(13)25-6-7-26-18-15(19)8-14(9-16(18)20)10-23-24-11-21-22-12-24/h2-5,8-12H,6-7H2,1H3/b23-10+. The van der Waals surface area contributed by atoms with Gasteiger partial charge in [0, 0.05) is 0 Å². The fourth-order valence-electron chi connectivity index (χ4n) is 2.19. The Morgan fingerprint density at radius 3 is 2.38 bits per heavy atom. The first-order valence-corrected chi connectivity index (χ1v) is 8.58. The summed E-state index contributed by atoms with van der Waals surface area (Å²) in [6.07, 6.45) is 4.56. The maximum atomic E-state index is 6.27. The number of aryl methyl sites for hydroxylation is 1. The molecule has 0 atom stereocenters. The largest absolute Gasteiger partial charge is 0.490 e. The zero-order valence-electron chi connectivity index (χ0n) is 14.0. The average molecular weight is 391 g/mol. The Kier molecular flexibility index (Phi) is 6.09. The molecule has 134 valence electrons. The zero-order chi connectivity index (χ0) is 18.4. The summed E-state index contributed by atoms with van der Waals surface area (Å²) in [6.45, 7) is 2.69. The van der Waals surface area contributed by atoms with Crippen molar-refractivity contribution in [3.8, 4) is 11.5 Å². The Balaban J connectivity index is 1.59. The second kappa shape index (κ2) is 8.69. The first kappa shape index (κ1) is 18.2. The Morgan fingerprint density at radius 1 is 1.04 bits per heavy atom. The second-order valence-corrected chi connectivity index (χ2v) is 6.18. The van der Waals surface area contributed by atoms with Gasteiger partial charge in [-0.05, 0) is 36.2 Å². The van der Waals surface area contributed by atoms with E-state index in [4.69, 9.17) is 32.7 Å². The summed E-state index contributed by atoms with van der Waals surface area (Å²) >= 11 is 12.5. The number of hydrogen-bond donors (Lipinski definition) is 0. The highest BCUT2D eigenvalue weighted by Crippen LogP contribution is 2.33. The summed E-state index contributed by atoms with van der Waals surface area (Å²) in [5.41, 5.74) is 1.80. The van der Waals surface area contributed by atoms with Gasteiger partial charge in [0.2, 0.25) is 0 Å². The maximum absolute atomic E-state index is 6.27. The van der Waals surface area contributed by atoms with Crippen molar-refractivity contribution in [2.75, 3.05) is 13.2 Å². The fraction of sp³-hybridized carbons (Fsp3) is 0.167. The lowest BCUT2D eigenvalue weighted by molar-refractivity contribution is 0.216. The van der Waals surface area contributed by atoms with Gasteiger partial charge in [-0.2, -0.15) is 5.10 Å². The third-order valence-electron chi connectivity index (χ3n) is 3.45. The van der Waals surface area contributed by atoms with Crippen LogP contribution in [-0.2, 0) is 0 Å². The Hall–Kier alpha value is -2.57. The number of nitrogens with zero attached hydrogens (tertiary/aromatic N) is 4. The molecule has 0 aliphatic rings. The number of aromatic nitrogens is 3. The van der Waals surface area contributed by atoms with E-state index in [1.807, 2.05) is 31.2 Å². The summed E-state index contributed by atoms with van der Waals surface area (Å²) in [4.78, 5) is 0. The summed E-state index contributed by atoms with van der Waals surface area (Å²) < 4.78 is 12.8. The molecule has 0 amide bonds. The highest BCUT2D eigenvalue weighted by molar-refractivity contribution is 6.37. The molecular weight excluding hydrogens is 375 g/mol. The van der Waals surface area contributed by atoms with Gasteiger partial charge in [-0.3, -0.25) is 0 Å². The van der Waals surface area contributed by atoms with E-state index < -0.39 is 0 Å². The molecule has 0 bridgehead atoms. The number of halogens is 2. The lowest BCUT2D eigenvalue weighted by Gasteiger charge is -2.12. The Labute approximate surface area is 161 Å². The molecule has 0 fully saturated rings. The number of rotatable bonds is 7. The number of hydrogen-bond acceptors (Lipinski definition) is 5. The van der Waals surface area contributed by atoms with E-state index in [2.05, 4.69) is 15.3 Å². The van der Waals surface area contributed by atoms with Crippen LogP contribution < -0.4 is 9.47 Å². The van der Waals surface area contributed by atoms with Crippen molar-refractivity contribution < 1.29 is 9.47 Å². The van der Waals surface area contributed by atoms with Gasteiger partial charge >= 0.3 is 0 Å². The molecule has 0 aliphatic carbocycles. The fourth-order valence-corrected chi connectivity index (χ4v) is 2.81. The first-order valence-electron chi connectivity index (χ1n) is 7.83. The van der Waals surface area contributed by atoms with Crippen LogP contribution in [0.5, 0.6) is 11.5 Å². The van der Waals surface area contributed by atoms with E-state index in [1.54, 1.807) is 18.3 Å². The lowest BCUT2D eigenvalue weighted by atomic mass is 10.2. The van der Waals surface area contributed by atoms with Crippen molar-refractivity contribution in [1.82, 2.24) is 14.9 Å². The predicted molar refractivity (Wildman–Crippen MR) is 102 cm³/mol. The monoisotopic (exact) mass is 390 g/mol. The summed E-state index contributed by atoms with van der Waals surface area (Å²) in [5, 5.41) is 12.3. The third kappa shape index (κ3) is 4.74. The average Bonchev–Trinajstić information content (AvgIpc) is 3.13. The van der Waals surface area contributed by atoms with Crippen molar-refractivity contribution in [2.45, 2.75) is 6.92 Å². The van der Waals surface area contributed by atoms with Gasteiger partial charge in [-0.25, -0.2) is 4.68 Å². The second-order valence-electron chi connectivity index (χ2n) is 5.36. The third-order valence-corrected chi connectivity index (χ3v) is 4.01. The molecule has 3 aromatic rings. The highest BCUT2D eigenvalue weighted by Gasteiger charge is 2.09. The number of ether oxygens (including phenoxy) is 2. The van der Waals surface area contributed by atoms with Gasteiger partial charge in [0.25, 0.3) is 0 Å². The molecule has 0 unspecified atom stereocenters. The van der Waals surface area contributed by atoms with Crippen molar-refractivity contribution in [3.63, 3.8) is 0 Å². The molecule has 0 spiro atoms. The van der Waals surface area contributed by atoms with Crippen LogP contribution in [0.1, 0.15) is 11.1 Å². The predicted octanol–water partition coefficient (Wildman–Crippen LogP) is 4.23. The van der Waals surface area contributed by atoms with Crippen molar-refractivity contribution in [3.05, 3.63) is 70.2 Å². The normalized spacial score (nSPS) is 11.0. The van der Waals surface area contributed by atoms with E-state index in [9.17, 15) is 0 Å². The molecule has 1 heterocycles. The molecule has 0 N–H and O–H groups in total. The van der Waals surface area contributed by atoms with E-state index in [0.29, 0.717) is 29.0 Å². The quantitative estimate of drug-likeness (QED) is 0.447. The number of benzene rings is 2. The highest BCUT2D eigenvalue weighted by atomic mass is 35.5. The van der Waals surface area contributed by atoms with Crippen LogP contribution in [0.2, 0.25) is 10.0 Å². The minimum absolute atomic E-state index is 0.321. The molecule has 8 heteroatoms. The van der Waals surface area contributed by atoms with Crippen LogP contribution >= 0.6 is 23.2 Å². The molecule has 6 nitrogen and oxygen atoms in total. The summed E-state index contributed by atoms with van der Waals surface area (Å²) in [5.74, 6) is 1.25.